The molecule has 0 radical (unpaired) electrons. The largest absolute Gasteiger partial charge is 0.340 e. The molecule has 0 bridgehead atoms. The number of carbonyl (C=O) groups is 3. The lowest BCUT2D eigenvalue weighted by atomic mass is 10.1. The fourth-order valence-corrected chi connectivity index (χ4v) is 6.12. The van der Waals surface area contributed by atoms with Gasteiger partial charge in [0.2, 0.25) is 5.91 Å². The first-order chi connectivity index (χ1) is 26.4. The number of aromatic nitrogens is 2. The predicted octanol–water partition coefficient (Wildman–Crippen LogP) is 7.27. The molecule has 12 nitrogen and oxygen atoms in total. The average Bonchev–Trinajstić information content (AvgIpc) is 3.17. The number of carbonyl (C=O) groups excluding carboxylic acids is 3. The van der Waals surface area contributed by atoms with E-state index in [9.17, 15) is 31.9 Å². The van der Waals surface area contributed by atoms with Crippen LogP contribution in [0.4, 0.5) is 49.9 Å². The molecule has 6 rings (SSSR count). The van der Waals surface area contributed by atoms with E-state index < -0.39 is 46.7 Å². The van der Waals surface area contributed by atoms with E-state index in [1.165, 1.54) is 43.9 Å². The predicted molar refractivity (Wildman–Crippen MR) is 203 cm³/mol. The number of piperidine rings is 1. The van der Waals surface area contributed by atoms with Gasteiger partial charge in [-0.3, -0.25) is 24.6 Å². The third kappa shape index (κ3) is 11.7. The molecule has 2 aliphatic heterocycles. The number of rotatable bonds is 8. The Morgan fingerprint density at radius 3 is 1.42 bits per heavy atom. The van der Waals surface area contributed by atoms with Crippen molar-refractivity contribution in [1.29, 1.82) is 0 Å². The molecule has 2 aliphatic rings. The van der Waals surface area contributed by atoms with Crippen molar-refractivity contribution in [2.75, 3.05) is 60.5 Å². The summed E-state index contributed by atoms with van der Waals surface area (Å²) >= 11 is 0. The standard InChI is InChI=1S/C20H23F2N5O2.C19H22F2N4O/c1-13-3-5-16(11-23-13)24-20(29)25-19-17(21)6-4-15(18(19)22)12-26-7-9-27(10-8-26)14(2)28;1-13-5-7-15(11-22-13)23-19(26)24-18-16(20)8-6-14(17(18)21)12-25-9-3-2-4-10-25/h3-6,11H,7-10,12H2,1-2H3,(H2,24,25,29);5-8,11H,2-4,9-10,12H2,1H3,(H2,23,24,26). The van der Waals surface area contributed by atoms with Crippen LogP contribution in [0.25, 0.3) is 0 Å². The molecular formula is C39H45F4N9O3. The van der Waals surface area contributed by atoms with Crippen molar-refractivity contribution in [1.82, 2.24) is 24.7 Å². The molecule has 2 fully saturated rings. The molecule has 2 saturated heterocycles. The first-order valence-corrected chi connectivity index (χ1v) is 18.0. The summed E-state index contributed by atoms with van der Waals surface area (Å²) in [6, 6.07) is 10.4. The minimum Gasteiger partial charge on any atom is -0.340 e. The van der Waals surface area contributed by atoms with Crippen LogP contribution >= 0.6 is 0 Å². The summed E-state index contributed by atoms with van der Waals surface area (Å²) in [5.74, 6) is -3.19. The molecule has 55 heavy (non-hydrogen) atoms. The number of aryl methyl sites for hydroxylation is 2. The van der Waals surface area contributed by atoms with Gasteiger partial charge in [-0.2, -0.15) is 0 Å². The topological polar surface area (TPSA) is 135 Å². The molecule has 4 aromatic rings. The molecule has 0 atom stereocenters. The Labute approximate surface area is 317 Å². The molecule has 16 heteroatoms. The third-order valence-corrected chi connectivity index (χ3v) is 9.21. The number of benzene rings is 2. The van der Waals surface area contributed by atoms with E-state index in [0.717, 1.165) is 43.4 Å². The summed E-state index contributed by atoms with van der Waals surface area (Å²) < 4.78 is 57.8. The van der Waals surface area contributed by atoms with Gasteiger partial charge in [0.25, 0.3) is 0 Å². The van der Waals surface area contributed by atoms with Gasteiger partial charge in [0, 0.05) is 68.7 Å². The molecule has 4 heterocycles. The van der Waals surface area contributed by atoms with E-state index in [1.807, 2.05) is 11.8 Å². The summed E-state index contributed by atoms with van der Waals surface area (Å²) in [5, 5.41) is 9.53. The van der Waals surface area contributed by atoms with Gasteiger partial charge in [-0.25, -0.2) is 27.2 Å². The lowest BCUT2D eigenvalue weighted by Crippen LogP contribution is -2.47. The van der Waals surface area contributed by atoms with Gasteiger partial charge in [0.05, 0.1) is 23.8 Å². The lowest BCUT2D eigenvalue weighted by Gasteiger charge is -2.34. The van der Waals surface area contributed by atoms with Crippen LogP contribution in [0.15, 0.2) is 60.9 Å². The number of piperazine rings is 1. The Kier molecular flexibility index (Phi) is 14.1. The van der Waals surface area contributed by atoms with E-state index in [2.05, 4.69) is 36.1 Å². The second-order valence-corrected chi connectivity index (χ2v) is 13.4. The van der Waals surface area contributed by atoms with Crippen molar-refractivity contribution in [3.8, 4) is 0 Å². The average molecular weight is 764 g/mol. The maximum Gasteiger partial charge on any atom is 0.323 e. The Morgan fingerprint density at radius 1 is 0.582 bits per heavy atom. The van der Waals surface area contributed by atoms with Gasteiger partial charge in [0.15, 0.2) is 11.6 Å². The highest BCUT2D eigenvalue weighted by atomic mass is 19.1. The number of nitrogens with one attached hydrogen (secondary N) is 4. The van der Waals surface area contributed by atoms with Crippen molar-refractivity contribution in [2.24, 2.45) is 0 Å². The number of likely N-dealkylation sites (tertiary alicyclic amines) is 1. The first kappa shape index (κ1) is 40.6. The smallest absolute Gasteiger partial charge is 0.323 e. The monoisotopic (exact) mass is 763 g/mol. The molecule has 0 aliphatic carbocycles. The number of halogens is 4. The van der Waals surface area contributed by atoms with Crippen molar-refractivity contribution in [2.45, 2.75) is 53.1 Å². The molecule has 292 valence electrons. The molecule has 4 N–H and O–H groups in total. The van der Waals surface area contributed by atoms with Crippen LogP contribution in [0, 0.1) is 37.1 Å². The van der Waals surface area contributed by atoms with Crippen LogP contribution in [0.3, 0.4) is 0 Å². The van der Waals surface area contributed by atoms with Crippen molar-refractivity contribution in [3.05, 3.63) is 107 Å². The second-order valence-electron chi connectivity index (χ2n) is 13.4. The first-order valence-electron chi connectivity index (χ1n) is 18.0. The molecule has 2 aromatic heterocycles. The van der Waals surface area contributed by atoms with E-state index in [-0.39, 0.29) is 18.0 Å². The highest BCUT2D eigenvalue weighted by molar-refractivity contribution is 6.00. The summed E-state index contributed by atoms with van der Waals surface area (Å²) in [7, 11) is 0. The Hall–Kier alpha value is -5.61. The van der Waals surface area contributed by atoms with Gasteiger partial charge in [-0.15, -0.1) is 0 Å². The molecular weight excluding hydrogens is 718 g/mol. The fourth-order valence-electron chi connectivity index (χ4n) is 6.12. The minimum absolute atomic E-state index is 0.0129. The highest BCUT2D eigenvalue weighted by Gasteiger charge is 2.23. The summed E-state index contributed by atoms with van der Waals surface area (Å²) in [5.41, 5.74) is 2.16. The zero-order chi connectivity index (χ0) is 39.5. The summed E-state index contributed by atoms with van der Waals surface area (Å²) in [6.45, 7) is 9.95. The number of anilines is 4. The summed E-state index contributed by atoms with van der Waals surface area (Å²) in [6.07, 6.45) is 6.29. The van der Waals surface area contributed by atoms with Crippen LogP contribution < -0.4 is 21.3 Å². The molecule has 2 aromatic carbocycles. The van der Waals surface area contributed by atoms with E-state index in [4.69, 9.17) is 0 Å². The van der Waals surface area contributed by atoms with Gasteiger partial charge in [-0.1, -0.05) is 18.6 Å². The van der Waals surface area contributed by atoms with Gasteiger partial charge >= 0.3 is 12.1 Å². The zero-order valence-electron chi connectivity index (χ0n) is 31.0. The second kappa shape index (κ2) is 19.1. The third-order valence-electron chi connectivity index (χ3n) is 9.21. The van der Waals surface area contributed by atoms with Gasteiger partial charge < -0.3 is 26.2 Å². The SMILES string of the molecule is CC(=O)N1CCN(Cc2ccc(F)c(NC(=O)Nc3ccc(C)nc3)c2F)CC1.Cc1ccc(NC(=O)Nc2c(F)ccc(CN3CCCCC3)c2F)cn1. The van der Waals surface area contributed by atoms with Crippen LogP contribution in [0.1, 0.15) is 48.7 Å². The Morgan fingerprint density at radius 2 is 1.02 bits per heavy atom. The van der Waals surface area contributed by atoms with Crippen molar-refractivity contribution in [3.63, 3.8) is 0 Å². The summed E-state index contributed by atoms with van der Waals surface area (Å²) in [4.78, 5) is 49.6. The van der Waals surface area contributed by atoms with Gasteiger partial charge in [-0.05, 0) is 76.2 Å². The van der Waals surface area contributed by atoms with E-state index in [0.29, 0.717) is 49.7 Å². The Balaban J connectivity index is 0.000000212. The molecule has 0 spiro atoms. The maximum absolute atomic E-state index is 14.9. The quantitative estimate of drug-likeness (QED) is 0.139. The fraction of sp³-hybridized carbons (Fsp3) is 0.359. The molecule has 0 saturated carbocycles. The highest BCUT2D eigenvalue weighted by Crippen LogP contribution is 2.26. The van der Waals surface area contributed by atoms with Crippen LogP contribution in [0.2, 0.25) is 0 Å². The lowest BCUT2D eigenvalue weighted by molar-refractivity contribution is -0.130. The van der Waals surface area contributed by atoms with Crippen LogP contribution in [0.5, 0.6) is 0 Å². The number of hydrogen-bond donors (Lipinski definition) is 4. The number of hydrogen-bond acceptors (Lipinski definition) is 7. The van der Waals surface area contributed by atoms with Crippen LogP contribution in [-0.2, 0) is 17.9 Å². The van der Waals surface area contributed by atoms with Crippen LogP contribution in [-0.4, -0.2) is 81.9 Å². The molecule has 0 unspecified atom stereocenters. The maximum atomic E-state index is 14.9. The minimum atomic E-state index is -0.857. The number of urea groups is 2. The van der Waals surface area contributed by atoms with Gasteiger partial charge in [0.1, 0.15) is 23.0 Å². The number of amides is 5. The molecule has 5 amide bonds. The number of pyridine rings is 2. The van der Waals surface area contributed by atoms with Crippen molar-refractivity contribution < 1.29 is 31.9 Å². The number of nitrogens with zero attached hydrogens (tertiary/aromatic N) is 5. The normalized spacial score (nSPS) is 14.7. The van der Waals surface area contributed by atoms with E-state index in [1.54, 1.807) is 36.1 Å². The zero-order valence-corrected chi connectivity index (χ0v) is 31.0. The Bertz CT molecular complexity index is 1950. The van der Waals surface area contributed by atoms with E-state index >= 15 is 0 Å². The van der Waals surface area contributed by atoms with Crippen molar-refractivity contribution >= 4 is 40.7 Å².